The average molecular weight is 316 g/mol. The summed E-state index contributed by atoms with van der Waals surface area (Å²) in [5.74, 6) is 0. The molecule has 0 amide bonds. The van der Waals surface area contributed by atoms with Crippen LogP contribution in [0.1, 0.15) is 64.7 Å². The van der Waals surface area contributed by atoms with Gasteiger partial charge in [-0.05, 0) is 12.8 Å². The van der Waals surface area contributed by atoms with E-state index in [0.717, 1.165) is 12.8 Å². The molecule has 2 aliphatic heterocycles. The van der Waals surface area contributed by atoms with E-state index in [0.29, 0.717) is 13.0 Å². The van der Waals surface area contributed by atoms with E-state index in [-0.39, 0.29) is 25.1 Å². The Labute approximate surface area is 133 Å². The maximum atomic E-state index is 9.98. The molecule has 130 valence electrons. The van der Waals surface area contributed by atoms with Gasteiger partial charge in [-0.1, -0.05) is 45.4 Å². The Hall–Kier alpha value is -0.200. The van der Waals surface area contributed by atoms with E-state index in [1.54, 1.807) is 0 Å². The summed E-state index contributed by atoms with van der Waals surface area (Å²) in [5.41, 5.74) is 0. The lowest BCUT2D eigenvalue weighted by molar-refractivity contribution is -0.171. The molecule has 3 unspecified atom stereocenters. The number of unbranched alkanes of at least 4 members (excludes halogenated alkanes) is 6. The molecular weight excluding hydrogens is 284 g/mol. The van der Waals surface area contributed by atoms with Crippen LogP contribution in [-0.4, -0.2) is 54.1 Å². The minimum atomic E-state index is -0.672. The number of aliphatic hydroxyl groups excluding tert-OH is 2. The van der Waals surface area contributed by atoms with Gasteiger partial charge >= 0.3 is 0 Å². The summed E-state index contributed by atoms with van der Waals surface area (Å²) >= 11 is 0. The topological polar surface area (TPSA) is 68.2 Å². The highest BCUT2D eigenvalue weighted by molar-refractivity contribution is 4.86. The highest BCUT2D eigenvalue weighted by Gasteiger charge is 2.40. The van der Waals surface area contributed by atoms with Gasteiger partial charge in [-0.25, -0.2) is 0 Å². The number of hydrogen-bond acceptors (Lipinski definition) is 5. The smallest absolute Gasteiger partial charge is 0.158 e. The van der Waals surface area contributed by atoms with Gasteiger partial charge in [0.25, 0.3) is 0 Å². The second kappa shape index (κ2) is 9.83. The predicted molar refractivity (Wildman–Crippen MR) is 83.6 cm³/mol. The zero-order valence-electron chi connectivity index (χ0n) is 13.8. The third-order valence-corrected chi connectivity index (χ3v) is 4.56. The van der Waals surface area contributed by atoms with Gasteiger partial charge in [0.1, 0.15) is 12.2 Å². The lowest BCUT2D eigenvalue weighted by Crippen LogP contribution is -2.48. The fraction of sp³-hybridized carbons (Fsp3) is 1.00. The summed E-state index contributed by atoms with van der Waals surface area (Å²) in [6, 6.07) is 0. The van der Waals surface area contributed by atoms with Crippen LogP contribution in [0.2, 0.25) is 0 Å². The largest absolute Gasteiger partial charge is 0.391 e. The molecule has 2 rings (SSSR count). The van der Waals surface area contributed by atoms with Gasteiger partial charge in [0.05, 0.1) is 25.4 Å². The van der Waals surface area contributed by atoms with Crippen molar-refractivity contribution in [3.63, 3.8) is 0 Å². The molecule has 5 nitrogen and oxygen atoms in total. The highest BCUT2D eigenvalue weighted by atomic mass is 16.7. The molecule has 5 atom stereocenters. The van der Waals surface area contributed by atoms with Crippen molar-refractivity contribution >= 4 is 0 Å². The number of hydrogen-bond donors (Lipinski definition) is 2. The van der Waals surface area contributed by atoms with Gasteiger partial charge in [0.15, 0.2) is 6.29 Å². The third kappa shape index (κ3) is 5.78. The predicted octanol–water partition coefficient (Wildman–Crippen LogP) is 2.38. The molecule has 0 aromatic carbocycles. The van der Waals surface area contributed by atoms with Crippen LogP contribution in [-0.2, 0) is 14.2 Å². The van der Waals surface area contributed by atoms with Gasteiger partial charge in [0, 0.05) is 6.42 Å². The van der Waals surface area contributed by atoms with E-state index in [2.05, 4.69) is 6.92 Å². The first-order valence-electron chi connectivity index (χ1n) is 8.95. The van der Waals surface area contributed by atoms with Crippen molar-refractivity contribution in [3.05, 3.63) is 0 Å². The zero-order chi connectivity index (χ0) is 15.8. The molecule has 0 bridgehead atoms. The average Bonchev–Trinajstić information content (AvgIpc) is 2.95. The van der Waals surface area contributed by atoms with Crippen molar-refractivity contribution in [1.82, 2.24) is 0 Å². The molecule has 2 aliphatic rings. The van der Waals surface area contributed by atoms with Crippen molar-refractivity contribution in [1.29, 1.82) is 0 Å². The van der Waals surface area contributed by atoms with Crippen molar-refractivity contribution in [3.8, 4) is 0 Å². The van der Waals surface area contributed by atoms with Crippen LogP contribution < -0.4 is 0 Å². The number of aliphatic hydroxyl groups is 2. The normalized spacial score (nSPS) is 35.9. The molecule has 0 aromatic heterocycles. The minimum absolute atomic E-state index is 0.164. The molecule has 0 radical (unpaired) electrons. The fourth-order valence-electron chi connectivity index (χ4n) is 3.24. The fourth-order valence-corrected chi connectivity index (χ4v) is 3.24. The Balaban J connectivity index is 1.56. The summed E-state index contributed by atoms with van der Waals surface area (Å²) in [6.07, 6.45) is 8.22. The van der Waals surface area contributed by atoms with Crippen LogP contribution in [0.5, 0.6) is 0 Å². The first kappa shape index (κ1) is 18.1. The highest BCUT2D eigenvalue weighted by Crippen LogP contribution is 2.26. The lowest BCUT2D eigenvalue weighted by atomic mass is 10.00. The molecule has 0 aliphatic carbocycles. The Kier molecular flexibility index (Phi) is 8.11. The van der Waals surface area contributed by atoms with Gasteiger partial charge in [-0.2, -0.15) is 0 Å². The molecule has 2 fully saturated rings. The zero-order valence-corrected chi connectivity index (χ0v) is 13.8. The molecule has 2 saturated heterocycles. The van der Waals surface area contributed by atoms with E-state index < -0.39 is 12.2 Å². The van der Waals surface area contributed by atoms with Crippen molar-refractivity contribution in [2.24, 2.45) is 0 Å². The summed E-state index contributed by atoms with van der Waals surface area (Å²) in [5, 5.41) is 19.4. The number of ether oxygens (including phenoxy) is 3. The van der Waals surface area contributed by atoms with Crippen LogP contribution in [0.25, 0.3) is 0 Å². The van der Waals surface area contributed by atoms with Crippen molar-refractivity contribution < 1.29 is 24.4 Å². The standard InChI is InChI=1S/C17H32O5/c1-2-3-4-5-6-7-8-9-16-20-12-15(22-16)17-14(19)10-13(18)11-21-17/h13-19H,2-12H2,1H3/t13-,14?,15?,16?,17-/m0/s1. The quantitative estimate of drug-likeness (QED) is 0.639. The molecule has 0 spiro atoms. The van der Waals surface area contributed by atoms with E-state index in [4.69, 9.17) is 14.2 Å². The molecule has 5 heteroatoms. The van der Waals surface area contributed by atoms with Crippen LogP contribution in [0.15, 0.2) is 0 Å². The summed E-state index contributed by atoms with van der Waals surface area (Å²) < 4.78 is 17.0. The summed E-state index contributed by atoms with van der Waals surface area (Å²) in [7, 11) is 0. The van der Waals surface area contributed by atoms with Gasteiger partial charge in [0.2, 0.25) is 0 Å². The first-order valence-corrected chi connectivity index (χ1v) is 8.95. The molecule has 22 heavy (non-hydrogen) atoms. The summed E-state index contributed by atoms with van der Waals surface area (Å²) in [4.78, 5) is 0. The maximum absolute atomic E-state index is 9.98. The van der Waals surface area contributed by atoms with Crippen LogP contribution in [0.3, 0.4) is 0 Å². The van der Waals surface area contributed by atoms with Crippen LogP contribution in [0, 0.1) is 0 Å². The second-order valence-electron chi connectivity index (χ2n) is 6.60. The molecule has 0 aromatic rings. The summed E-state index contributed by atoms with van der Waals surface area (Å²) in [6.45, 7) is 2.97. The Morgan fingerprint density at radius 2 is 1.64 bits per heavy atom. The van der Waals surface area contributed by atoms with Gasteiger partial charge < -0.3 is 24.4 Å². The van der Waals surface area contributed by atoms with Gasteiger partial charge in [-0.3, -0.25) is 0 Å². The Morgan fingerprint density at radius 1 is 0.909 bits per heavy atom. The Morgan fingerprint density at radius 3 is 2.36 bits per heavy atom. The monoisotopic (exact) mass is 316 g/mol. The van der Waals surface area contributed by atoms with E-state index >= 15 is 0 Å². The maximum Gasteiger partial charge on any atom is 0.158 e. The SMILES string of the molecule is CCCCCCCCCC1OCC([C@H]2OC[C@@H](O)CC2O)O1. The number of rotatable bonds is 9. The van der Waals surface area contributed by atoms with Crippen LogP contribution in [0.4, 0.5) is 0 Å². The van der Waals surface area contributed by atoms with Gasteiger partial charge in [-0.15, -0.1) is 0 Å². The second-order valence-corrected chi connectivity index (χ2v) is 6.60. The van der Waals surface area contributed by atoms with E-state index in [1.165, 1.54) is 38.5 Å². The van der Waals surface area contributed by atoms with E-state index in [1.807, 2.05) is 0 Å². The third-order valence-electron chi connectivity index (χ3n) is 4.56. The molecular formula is C17H32O5. The molecule has 0 saturated carbocycles. The molecule has 2 heterocycles. The van der Waals surface area contributed by atoms with E-state index in [9.17, 15) is 10.2 Å². The van der Waals surface area contributed by atoms with Crippen molar-refractivity contribution in [2.45, 2.75) is 95.4 Å². The first-order chi connectivity index (χ1) is 10.7. The molecule has 2 N–H and O–H groups in total. The van der Waals surface area contributed by atoms with Crippen LogP contribution >= 0.6 is 0 Å². The van der Waals surface area contributed by atoms with Crippen molar-refractivity contribution in [2.75, 3.05) is 13.2 Å². The Bertz CT molecular complexity index is 299. The lowest BCUT2D eigenvalue weighted by Gasteiger charge is -2.33. The minimum Gasteiger partial charge on any atom is -0.391 e.